The van der Waals surface area contributed by atoms with Gasteiger partial charge in [0.15, 0.2) is 17.2 Å². The van der Waals surface area contributed by atoms with E-state index in [1.807, 2.05) is 0 Å². The van der Waals surface area contributed by atoms with Crippen LogP contribution in [0, 0.1) is 0 Å². The minimum atomic E-state index is 0.586. The molecule has 0 N–H and O–H groups in total. The fraction of sp³-hybridized carbons (Fsp3) is 0.167. The number of rotatable bonds is 4. The summed E-state index contributed by atoms with van der Waals surface area (Å²) in [5, 5.41) is 0. The highest BCUT2D eigenvalue weighted by Crippen LogP contribution is 2.34. The molecule has 0 aliphatic rings. The summed E-state index contributed by atoms with van der Waals surface area (Å²) < 4.78 is 20.8. The molecule has 4 nitrogen and oxygen atoms in total. The van der Waals surface area contributed by atoms with Crippen LogP contribution < -0.4 is 14.2 Å². The number of ether oxygens (including phenoxy) is 3. The Kier molecular flexibility index (Phi) is 3.00. The van der Waals surface area contributed by atoms with Crippen LogP contribution in [0.4, 0.5) is 0 Å². The van der Waals surface area contributed by atoms with Gasteiger partial charge in [-0.2, -0.15) is 0 Å². The van der Waals surface area contributed by atoms with Gasteiger partial charge in [-0.1, -0.05) is 0 Å². The molecule has 0 aliphatic heterocycles. The molecule has 0 radical (unpaired) electrons. The van der Waals surface area contributed by atoms with Gasteiger partial charge in [-0.25, -0.2) is 0 Å². The van der Waals surface area contributed by atoms with Crippen molar-refractivity contribution in [3.63, 3.8) is 0 Å². The van der Waals surface area contributed by atoms with Gasteiger partial charge in [0.05, 0.1) is 20.5 Å². The first-order valence-corrected chi connectivity index (χ1v) is 4.75. The molecule has 4 heteroatoms. The molecule has 0 saturated carbocycles. The molecule has 0 unspecified atom stereocenters. The molecular formula is C12H12O4. The highest BCUT2D eigenvalue weighted by molar-refractivity contribution is 5.47. The van der Waals surface area contributed by atoms with Gasteiger partial charge in [-0.15, -0.1) is 0 Å². The van der Waals surface area contributed by atoms with E-state index >= 15 is 0 Å². The molecule has 16 heavy (non-hydrogen) atoms. The molecule has 0 bridgehead atoms. The van der Waals surface area contributed by atoms with Gasteiger partial charge < -0.3 is 18.6 Å². The molecule has 0 fully saturated rings. The van der Waals surface area contributed by atoms with E-state index in [0.29, 0.717) is 23.0 Å². The molecule has 0 spiro atoms. The van der Waals surface area contributed by atoms with Crippen molar-refractivity contribution >= 4 is 0 Å². The summed E-state index contributed by atoms with van der Waals surface area (Å²) in [5.74, 6) is 2.55. The third-order valence-corrected chi connectivity index (χ3v) is 2.09. The smallest absolute Gasteiger partial charge is 0.173 e. The Bertz CT molecular complexity index is 448. The zero-order chi connectivity index (χ0) is 11.4. The summed E-state index contributed by atoms with van der Waals surface area (Å²) in [6.45, 7) is 0. The first-order valence-electron chi connectivity index (χ1n) is 4.75. The molecule has 1 heterocycles. The van der Waals surface area contributed by atoms with Crippen LogP contribution in [0.15, 0.2) is 41.2 Å². The van der Waals surface area contributed by atoms with E-state index < -0.39 is 0 Å². The van der Waals surface area contributed by atoms with Crippen molar-refractivity contribution in [3.8, 4) is 23.0 Å². The average Bonchev–Trinajstić information content (AvgIpc) is 2.82. The largest absolute Gasteiger partial charge is 0.497 e. The van der Waals surface area contributed by atoms with Crippen LogP contribution in [-0.2, 0) is 0 Å². The van der Waals surface area contributed by atoms with E-state index in [1.54, 1.807) is 44.7 Å². The third kappa shape index (κ3) is 2.11. The minimum absolute atomic E-state index is 0.586. The Morgan fingerprint density at radius 1 is 0.938 bits per heavy atom. The van der Waals surface area contributed by atoms with Crippen LogP contribution in [0.25, 0.3) is 0 Å². The number of hydrogen-bond acceptors (Lipinski definition) is 4. The van der Waals surface area contributed by atoms with Crippen LogP contribution in [0.3, 0.4) is 0 Å². The maximum absolute atomic E-state index is 5.58. The van der Waals surface area contributed by atoms with Gasteiger partial charge in [0.1, 0.15) is 12.0 Å². The van der Waals surface area contributed by atoms with Gasteiger partial charge in [0.25, 0.3) is 0 Å². The first kappa shape index (κ1) is 10.4. The Morgan fingerprint density at radius 3 is 2.44 bits per heavy atom. The van der Waals surface area contributed by atoms with E-state index in [1.165, 1.54) is 6.26 Å². The summed E-state index contributed by atoms with van der Waals surface area (Å²) in [6.07, 6.45) is 3.06. The van der Waals surface area contributed by atoms with Crippen LogP contribution >= 0.6 is 0 Å². The maximum Gasteiger partial charge on any atom is 0.173 e. The summed E-state index contributed by atoms with van der Waals surface area (Å²) >= 11 is 0. The molecule has 0 aliphatic carbocycles. The van der Waals surface area contributed by atoms with Crippen molar-refractivity contribution < 1.29 is 18.6 Å². The van der Waals surface area contributed by atoms with Crippen molar-refractivity contribution in [2.45, 2.75) is 0 Å². The summed E-state index contributed by atoms with van der Waals surface area (Å²) in [6, 6.07) is 7.07. The van der Waals surface area contributed by atoms with E-state index in [2.05, 4.69) is 0 Å². The minimum Gasteiger partial charge on any atom is -0.497 e. The topological polar surface area (TPSA) is 40.8 Å². The molecule has 1 aromatic carbocycles. The van der Waals surface area contributed by atoms with E-state index in [-0.39, 0.29) is 0 Å². The molecule has 0 atom stereocenters. The number of furan rings is 1. The van der Waals surface area contributed by atoms with Crippen molar-refractivity contribution in [2.75, 3.05) is 14.2 Å². The molecule has 2 aromatic rings. The second-order valence-corrected chi connectivity index (χ2v) is 3.08. The van der Waals surface area contributed by atoms with Crippen molar-refractivity contribution in [2.24, 2.45) is 0 Å². The monoisotopic (exact) mass is 220 g/mol. The van der Waals surface area contributed by atoms with Gasteiger partial charge in [-0.3, -0.25) is 0 Å². The van der Waals surface area contributed by atoms with Gasteiger partial charge in [0.2, 0.25) is 0 Å². The number of benzene rings is 1. The Labute approximate surface area is 93.4 Å². The lowest BCUT2D eigenvalue weighted by atomic mass is 10.3. The van der Waals surface area contributed by atoms with E-state index in [9.17, 15) is 0 Å². The second-order valence-electron chi connectivity index (χ2n) is 3.08. The molecule has 0 amide bonds. The van der Waals surface area contributed by atoms with Crippen LogP contribution in [0.2, 0.25) is 0 Å². The third-order valence-electron chi connectivity index (χ3n) is 2.09. The van der Waals surface area contributed by atoms with Crippen molar-refractivity contribution in [1.29, 1.82) is 0 Å². The number of methoxy groups -OCH3 is 2. The lowest BCUT2D eigenvalue weighted by Crippen LogP contribution is -1.91. The normalized spacial score (nSPS) is 9.88. The molecule has 1 aromatic heterocycles. The molecular weight excluding hydrogens is 208 g/mol. The van der Waals surface area contributed by atoms with Crippen molar-refractivity contribution in [1.82, 2.24) is 0 Å². The fourth-order valence-corrected chi connectivity index (χ4v) is 1.30. The standard InChI is InChI=1S/C12H12O4/c1-13-9-3-4-11(14-2)12(7-9)16-10-5-6-15-8-10/h3-8H,1-2H3. The molecule has 2 rings (SSSR count). The van der Waals surface area contributed by atoms with Crippen molar-refractivity contribution in [3.05, 3.63) is 36.8 Å². The predicted octanol–water partition coefficient (Wildman–Crippen LogP) is 3.09. The molecule has 0 saturated heterocycles. The van der Waals surface area contributed by atoms with E-state index in [0.717, 1.165) is 0 Å². The lowest BCUT2D eigenvalue weighted by molar-refractivity contribution is 0.369. The highest BCUT2D eigenvalue weighted by Gasteiger charge is 2.07. The summed E-state index contributed by atoms with van der Waals surface area (Å²) in [7, 11) is 3.19. The zero-order valence-corrected chi connectivity index (χ0v) is 9.10. The fourth-order valence-electron chi connectivity index (χ4n) is 1.30. The lowest BCUT2D eigenvalue weighted by Gasteiger charge is -2.10. The first-order chi connectivity index (χ1) is 7.83. The van der Waals surface area contributed by atoms with Gasteiger partial charge >= 0.3 is 0 Å². The SMILES string of the molecule is COc1ccc(OC)c(Oc2ccoc2)c1. The Morgan fingerprint density at radius 2 is 1.81 bits per heavy atom. The number of hydrogen-bond donors (Lipinski definition) is 0. The van der Waals surface area contributed by atoms with Crippen LogP contribution in [-0.4, -0.2) is 14.2 Å². The van der Waals surface area contributed by atoms with Gasteiger partial charge in [-0.05, 0) is 12.1 Å². The Hall–Kier alpha value is -2.10. The van der Waals surface area contributed by atoms with E-state index in [4.69, 9.17) is 18.6 Å². The quantitative estimate of drug-likeness (QED) is 0.793. The maximum atomic E-state index is 5.58. The summed E-state index contributed by atoms with van der Waals surface area (Å²) in [5.41, 5.74) is 0. The molecule has 84 valence electrons. The van der Waals surface area contributed by atoms with Gasteiger partial charge in [0, 0.05) is 12.1 Å². The van der Waals surface area contributed by atoms with Crippen LogP contribution in [0.5, 0.6) is 23.0 Å². The second kappa shape index (κ2) is 4.61. The predicted molar refractivity (Wildman–Crippen MR) is 58.3 cm³/mol. The zero-order valence-electron chi connectivity index (χ0n) is 9.10. The highest BCUT2D eigenvalue weighted by atomic mass is 16.5. The summed E-state index contributed by atoms with van der Waals surface area (Å²) in [4.78, 5) is 0. The Balaban J connectivity index is 2.30. The average molecular weight is 220 g/mol. The van der Waals surface area contributed by atoms with Crippen LogP contribution in [0.1, 0.15) is 0 Å².